The number of rotatable bonds is 3. The lowest BCUT2D eigenvalue weighted by molar-refractivity contribution is 0.603. The molecule has 0 atom stereocenters. The van der Waals surface area contributed by atoms with Crippen LogP contribution in [0.4, 0.5) is 11.4 Å². The van der Waals surface area contributed by atoms with Crippen molar-refractivity contribution in [1.29, 1.82) is 5.26 Å². The van der Waals surface area contributed by atoms with Gasteiger partial charge in [0.05, 0.1) is 0 Å². The van der Waals surface area contributed by atoms with Gasteiger partial charge >= 0.3 is 0 Å². The summed E-state index contributed by atoms with van der Waals surface area (Å²) in [4.78, 5) is 0.354. The minimum atomic E-state index is -3.64. The van der Waals surface area contributed by atoms with Crippen molar-refractivity contribution in [3.8, 4) is 6.07 Å². The summed E-state index contributed by atoms with van der Waals surface area (Å²) in [5, 5.41) is 8.67. The summed E-state index contributed by atoms with van der Waals surface area (Å²) < 4.78 is 26.5. The minimum absolute atomic E-state index is 0.107. The zero-order chi connectivity index (χ0) is 13.2. The van der Waals surface area contributed by atoms with Gasteiger partial charge < -0.3 is 5.73 Å². The molecular formula is C11H9N3O2S2. The fourth-order valence-electron chi connectivity index (χ4n) is 1.28. The van der Waals surface area contributed by atoms with Crippen LogP contribution in [0.1, 0.15) is 4.88 Å². The summed E-state index contributed by atoms with van der Waals surface area (Å²) in [6, 6.07) is 11.1. The molecule has 0 fully saturated rings. The molecule has 0 aliphatic carbocycles. The summed E-state index contributed by atoms with van der Waals surface area (Å²) in [5.74, 6) is 0. The number of nitrogens with zero attached hydrogens (tertiary/aromatic N) is 1. The van der Waals surface area contributed by atoms with E-state index in [4.69, 9.17) is 11.0 Å². The molecule has 0 saturated heterocycles. The van der Waals surface area contributed by atoms with Crippen LogP contribution < -0.4 is 10.5 Å². The van der Waals surface area contributed by atoms with Gasteiger partial charge in [-0.05, 0) is 36.4 Å². The number of anilines is 2. The van der Waals surface area contributed by atoms with E-state index in [1.54, 1.807) is 24.3 Å². The second kappa shape index (κ2) is 4.68. The molecule has 7 heteroatoms. The Morgan fingerprint density at radius 3 is 2.39 bits per heavy atom. The first-order chi connectivity index (χ1) is 8.51. The number of nitrogens with one attached hydrogen (secondary N) is 1. The van der Waals surface area contributed by atoms with E-state index in [2.05, 4.69) is 4.72 Å². The number of hydrogen-bond acceptors (Lipinski definition) is 5. The molecule has 0 spiro atoms. The van der Waals surface area contributed by atoms with Crippen molar-refractivity contribution in [2.45, 2.75) is 4.21 Å². The minimum Gasteiger partial charge on any atom is -0.399 e. The van der Waals surface area contributed by atoms with Crippen molar-refractivity contribution < 1.29 is 8.42 Å². The van der Waals surface area contributed by atoms with E-state index in [1.807, 2.05) is 6.07 Å². The van der Waals surface area contributed by atoms with E-state index in [0.717, 1.165) is 11.3 Å². The van der Waals surface area contributed by atoms with E-state index < -0.39 is 10.0 Å². The van der Waals surface area contributed by atoms with Gasteiger partial charge in [-0.1, -0.05) is 0 Å². The lowest BCUT2D eigenvalue weighted by atomic mass is 10.3. The lowest BCUT2D eigenvalue weighted by Gasteiger charge is -2.05. The summed E-state index contributed by atoms with van der Waals surface area (Å²) >= 11 is 0.926. The molecule has 2 rings (SSSR count). The van der Waals surface area contributed by atoms with Crippen LogP contribution in [-0.4, -0.2) is 8.42 Å². The number of thiophene rings is 1. The highest BCUT2D eigenvalue weighted by Crippen LogP contribution is 2.23. The summed E-state index contributed by atoms with van der Waals surface area (Å²) in [6.45, 7) is 0. The van der Waals surface area contributed by atoms with Crippen molar-refractivity contribution in [2.24, 2.45) is 0 Å². The van der Waals surface area contributed by atoms with E-state index in [1.165, 1.54) is 12.1 Å². The lowest BCUT2D eigenvalue weighted by Crippen LogP contribution is -2.11. The smallest absolute Gasteiger partial charge is 0.271 e. The Labute approximate surface area is 109 Å². The normalized spacial score (nSPS) is 10.8. The van der Waals surface area contributed by atoms with Crippen LogP contribution in [0.2, 0.25) is 0 Å². The SMILES string of the molecule is N#Cc1ccc(S(=O)(=O)Nc2ccc(N)cc2)s1. The summed E-state index contributed by atoms with van der Waals surface area (Å²) in [7, 11) is -3.64. The van der Waals surface area contributed by atoms with Crippen molar-refractivity contribution >= 4 is 32.7 Å². The maximum atomic E-state index is 12.0. The molecule has 1 aromatic heterocycles. The fourth-order valence-corrected chi connectivity index (χ4v) is 3.44. The summed E-state index contributed by atoms with van der Waals surface area (Å²) in [5.41, 5.74) is 6.49. The molecule has 92 valence electrons. The van der Waals surface area contributed by atoms with E-state index >= 15 is 0 Å². The zero-order valence-electron chi connectivity index (χ0n) is 9.12. The van der Waals surface area contributed by atoms with Gasteiger partial charge in [0, 0.05) is 11.4 Å². The third-order valence-corrected chi connectivity index (χ3v) is 4.98. The highest BCUT2D eigenvalue weighted by atomic mass is 32.2. The van der Waals surface area contributed by atoms with Crippen LogP contribution in [0.5, 0.6) is 0 Å². The molecule has 0 aliphatic rings. The topological polar surface area (TPSA) is 96.0 Å². The van der Waals surface area contributed by atoms with Gasteiger partial charge in [0.15, 0.2) is 0 Å². The molecule has 0 bridgehead atoms. The fraction of sp³-hybridized carbons (Fsp3) is 0. The number of nitrogen functional groups attached to an aromatic ring is 1. The van der Waals surface area contributed by atoms with E-state index in [-0.39, 0.29) is 4.21 Å². The third kappa shape index (κ3) is 2.61. The van der Waals surface area contributed by atoms with E-state index in [9.17, 15) is 8.42 Å². The molecule has 2 aromatic rings. The largest absolute Gasteiger partial charge is 0.399 e. The number of nitriles is 1. The van der Waals surface area contributed by atoms with Gasteiger partial charge in [-0.25, -0.2) is 8.42 Å². The zero-order valence-corrected chi connectivity index (χ0v) is 10.8. The summed E-state index contributed by atoms with van der Waals surface area (Å²) in [6.07, 6.45) is 0. The predicted molar refractivity (Wildman–Crippen MR) is 70.7 cm³/mol. The molecule has 0 saturated carbocycles. The number of sulfonamides is 1. The van der Waals surface area contributed by atoms with Crippen LogP contribution in [0.25, 0.3) is 0 Å². The number of benzene rings is 1. The van der Waals surface area contributed by atoms with Crippen molar-refractivity contribution in [2.75, 3.05) is 10.5 Å². The molecule has 5 nitrogen and oxygen atoms in total. The number of hydrogen-bond donors (Lipinski definition) is 2. The first-order valence-corrected chi connectivity index (χ1v) is 7.19. The second-order valence-electron chi connectivity index (χ2n) is 3.46. The molecule has 0 radical (unpaired) electrons. The third-order valence-electron chi connectivity index (χ3n) is 2.12. The van der Waals surface area contributed by atoms with E-state index in [0.29, 0.717) is 16.3 Å². The van der Waals surface area contributed by atoms with Crippen molar-refractivity contribution in [3.63, 3.8) is 0 Å². The van der Waals surface area contributed by atoms with Gasteiger partial charge in [0.2, 0.25) is 0 Å². The molecule has 0 aliphatic heterocycles. The maximum Gasteiger partial charge on any atom is 0.271 e. The predicted octanol–water partition coefficient (Wildman–Crippen LogP) is 2.00. The van der Waals surface area contributed by atoms with Gasteiger partial charge in [-0.15, -0.1) is 11.3 Å². The van der Waals surface area contributed by atoms with Gasteiger partial charge in [0.1, 0.15) is 15.2 Å². The Balaban J connectivity index is 2.27. The van der Waals surface area contributed by atoms with Crippen LogP contribution >= 0.6 is 11.3 Å². The maximum absolute atomic E-state index is 12.0. The van der Waals surface area contributed by atoms with Crippen molar-refractivity contribution in [1.82, 2.24) is 0 Å². The van der Waals surface area contributed by atoms with Crippen molar-refractivity contribution in [3.05, 3.63) is 41.3 Å². The molecule has 18 heavy (non-hydrogen) atoms. The average molecular weight is 279 g/mol. The Hall–Kier alpha value is -2.04. The first-order valence-electron chi connectivity index (χ1n) is 4.89. The Kier molecular flexibility index (Phi) is 3.23. The Morgan fingerprint density at radius 2 is 1.83 bits per heavy atom. The molecule has 3 N–H and O–H groups in total. The van der Waals surface area contributed by atoms with Gasteiger partial charge in [-0.3, -0.25) is 4.72 Å². The Bertz CT molecular complexity index is 697. The standard InChI is InChI=1S/C11H9N3O2S2/c12-7-10-5-6-11(17-10)18(15,16)14-9-3-1-8(13)2-4-9/h1-6,14H,13H2. The molecule has 0 unspecified atom stereocenters. The quantitative estimate of drug-likeness (QED) is 0.840. The molecule has 1 heterocycles. The highest BCUT2D eigenvalue weighted by molar-refractivity contribution is 7.94. The first kappa shape index (κ1) is 12.4. The second-order valence-corrected chi connectivity index (χ2v) is 6.45. The van der Waals surface area contributed by atoms with Gasteiger partial charge in [-0.2, -0.15) is 5.26 Å². The molecular weight excluding hydrogens is 270 g/mol. The van der Waals surface area contributed by atoms with Crippen LogP contribution in [-0.2, 0) is 10.0 Å². The van der Waals surface area contributed by atoms with Crippen LogP contribution in [0.15, 0.2) is 40.6 Å². The monoisotopic (exact) mass is 279 g/mol. The molecule has 0 amide bonds. The van der Waals surface area contributed by atoms with Crippen LogP contribution in [0, 0.1) is 11.3 Å². The Morgan fingerprint density at radius 1 is 1.17 bits per heavy atom. The average Bonchev–Trinajstić information content (AvgIpc) is 2.81. The van der Waals surface area contributed by atoms with Gasteiger partial charge in [0.25, 0.3) is 10.0 Å². The highest BCUT2D eigenvalue weighted by Gasteiger charge is 2.16. The molecule has 1 aromatic carbocycles. The number of nitrogens with two attached hydrogens (primary N) is 1. The van der Waals surface area contributed by atoms with Crippen LogP contribution in [0.3, 0.4) is 0 Å².